The highest BCUT2D eigenvalue weighted by molar-refractivity contribution is 5.80. The van der Waals surface area contributed by atoms with Crippen molar-refractivity contribution in [2.75, 3.05) is 18.0 Å². The van der Waals surface area contributed by atoms with Crippen LogP contribution in [0, 0.1) is 19.8 Å². The number of aryl methyl sites for hydroxylation is 2. The van der Waals surface area contributed by atoms with Crippen molar-refractivity contribution in [2.24, 2.45) is 5.92 Å². The average Bonchev–Trinajstić information content (AvgIpc) is 2.73. The van der Waals surface area contributed by atoms with Crippen LogP contribution in [0.3, 0.4) is 0 Å². The first kappa shape index (κ1) is 18.3. The van der Waals surface area contributed by atoms with E-state index in [2.05, 4.69) is 30.2 Å². The molecule has 0 spiro atoms. The molecule has 1 aliphatic rings. The lowest BCUT2D eigenvalue weighted by Gasteiger charge is -2.33. The maximum absolute atomic E-state index is 12.6. The van der Waals surface area contributed by atoms with Crippen LogP contribution in [0.2, 0.25) is 0 Å². The number of anilines is 1. The van der Waals surface area contributed by atoms with Crippen LogP contribution in [0.15, 0.2) is 36.7 Å². The van der Waals surface area contributed by atoms with Gasteiger partial charge < -0.3 is 10.2 Å². The molecule has 0 radical (unpaired) electrons. The van der Waals surface area contributed by atoms with Gasteiger partial charge in [-0.3, -0.25) is 9.78 Å². The molecule has 1 amide bonds. The molecule has 1 N–H and O–H groups in total. The van der Waals surface area contributed by atoms with Gasteiger partial charge in [-0.15, -0.1) is 0 Å². The third-order valence-corrected chi connectivity index (χ3v) is 5.25. The van der Waals surface area contributed by atoms with Gasteiger partial charge in [0.2, 0.25) is 5.91 Å². The molecule has 0 aromatic carbocycles. The van der Waals surface area contributed by atoms with Crippen LogP contribution in [0.1, 0.15) is 29.9 Å². The molecule has 7 nitrogen and oxygen atoms in total. The van der Waals surface area contributed by atoms with Gasteiger partial charge in [-0.05, 0) is 44.9 Å². The summed E-state index contributed by atoms with van der Waals surface area (Å²) in [5.41, 5.74) is 5.13. The Morgan fingerprint density at radius 1 is 1.21 bits per heavy atom. The number of amides is 1. The number of hydrogen-bond donors (Lipinski definition) is 1. The smallest absolute Gasteiger partial charge is 0.225 e. The largest absolute Gasteiger partial charge is 0.369 e. The van der Waals surface area contributed by atoms with Gasteiger partial charge in [0.05, 0.1) is 41.4 Å². The maximum atomic E-state index is 12.6. The Morgan fingerprint density at radius 3 is 2.89 bits per heavy atom. The van der Waals surface area contributed by atoms with E-state index in [1.165, 1.54) is 0 Å². The van der Waals surface area contributed by atoms with Crippen molar-refractivity contribution in [3.63, 3.8) is 0 Å². The van der Waals surface area contributed by atoms with Crippen LogP contribution < -0.4 is 10.2 Å². The number of aromatic nitrogens is 4. The van der Waals surface area contributed by atoms with Crippen LogP contribution in [0.25, 0.3) is 11.2 Å². The summed E-state index contributed by atoms with van der Waals surface area (Å²) in [6.07, 6.45) is 5.44. The van der Waals surface area contributed by atoms with E-state index in [1.807, 2.05) is 44.3 Å². The molecule has 0 aliphatic carbocycles. The van der Waals surface area contributed by atoms with Crippen LogP contribution in [-0.4, -0.2) is 38.9 Å². The van der Waals surface area contributed by atoms with Crippen molar-refractivity contribution >= 4 is 22.8 Å². The minimum atomic E-state index is -0.0426. The first-order valence-corrected chi connectivity index (χ1v) is 9.64. The summed E-state index contributed by atoms with van der Waals surface area (Å²) in [5.74, 6) is 0.0364. The van der Waals surface area contributed by atoms with E-state index < -0.39 is 0 Å². The van der Waals surface area contributed by atoms with E-state index in [9.17, 15) is 4.79 Å². The zero-order valence-electron chi connectivity index (χ0n) is 16.2. The summed E-state index contributed by atoms with van der Waals surface area (Å²) in [7, 11) is 0. The van der Waals surface area contributed by atoms with Crippen LogP contribution in [0.4, 0.5) is 5.69 Å². The summed E-state index contributed by atoms with van der Waals surface area (Å²) in [6, 6.07) is 7.74. The van der Waals surface area contributed by atoms with Gasteiger partial charge in [0, 0.05) is 19.3 Å². The van der Waals surface area contributed by atoms with Gasteiger partial charge in [-0.1, -0.05) is 6.07 Å². The van der Waals surface area contributed by atoms with E-state index in [4.69, 9.17) is 0 Å². The van der Waals surface area contributed by atoms with E-state index >= 15 is 0 Å². The second kappa shape index (κ2) is 7.88. The summed E-state index contributed by atoms with van der Waals surface area (Å²) in [5, 5.41) is 3.02. The molecule has 144 valence electrons. The Hall–Kier alpha value is -3.09. The van der Waals surface area contributed by atoms with Gasteiger partial charge in [0.1, 0.15) is 5.52 Å². The number of carbonyl (C=O) groups excluding carboxylic acids is 1. The summed E-state index contributed by atoms with van der Waals surface area (Å²) < 4.78 is 0. The Bertz CT molecular complexity index is 991. The number of pyridine rings is 2. The van der Waals surface area contributed by atoms with Crippen molar-refractivity contribution in [3.05, 3.63) is 53.7 Å². The number of nitrogens with one attached hydrogen (secondary N) is 1. The third kappa shape index (κ3) is 3.93. The molecule has 1 aliphatic heterocycles. The average molecular weight is 376 g/mol. The maximum Gasteiger partial charge on any atom is 0.225 e. The summed E-state index contributed by atoms with van der Waals surface area (Å²) in [6.45, 7) is 5.95. The Labute approximate surface area is 164 Å². The van der Waals surface area contributed by atoms with Gasteiger partial charge in [-0.25, -0.2) is 15.0 Å². The predicted molar refractivity (Wildman–Crippen MR) is 108 cm³/mol. The molecular weight excluding hydrogens is 352 g/mol. The number of carbonyl (C=O) groups is 1. The highest BCUT2D eigenvalue weighted by atomic mass is 16.1. The molecule has 3 aromatic heterocycles. The lowest BCUT2D eigenvalue weighted by Crippen LogP contribution is -2.43. The molecule has 7 heteroatoms. The highest BCUT2D eigenvalue weighted by Gasteiger charge is 2.26. The zero-order valence-corrected chi connectivity index (χ0v) is 16.2. The van der Waals surface area contributed by atoms with Crippen molar-refractivity contribution in [3.8, 4) is 0 Å². The molecule has 1 atom stereocenters. The molecule has 0 saturated carbocycles. The van der Waals surface area contributed by atoms with Crippen molar-refractivity contribution in [1.82, 2.24) is 25.3 Å². The summed E-state index contributed by atoms with van der Waals surface area (Å²) in [4.78, 5) is 32.7. The minimum absolute atomic E-state index is 0.0426. The fourth-order valence-corrected chi connectivity index (χ4v) is 3.53. The number of fused-ring (bicyclic) bond motifs is 1. The molecule has 1 saturated heterocycles. The molecule has 28 heavy (non-hydrogen) atoms. The first-order chi connectivity index (χ1) is 13.6. The quantitative estimate of drug-likeness (QED) is 0.753. The Morgan fingerprint density at radius 2 is 2.07 bits per heavy atom. The van der Waals surface area contributed by atoms with Crippen molar-refractivity contribution in [1.29, 1.82) is 0 Å². The van der Waals surface area contributed by atoms with Crippen LogP contribution >= 0.6 is 0 Å². The zero-order chi connectivity index (χ0) is 19.5. The van der Waals surface area contributed by atoms with E-state index in [-0.39, 0.29) is 11.8 Å². The molecule has 1 fully saturated rings. The Balaban J connectivity index is 1.45. The van der Waals surface area contributed by atoms with E-state index in [0.717, 1.165) is 47.7 Å². The van der Waals surface area contributed by atoms with E-state index in [1.54, 1.807) is 6.20 Å². The lowest BCUT2D eigenvalue weighted by molar-refractivity contribution is -0.125. The predicted octanol–water partition coefficient (Wildman–Crippen LogP) is 2.57. The molecule has 4 heterocycles. The monoisotopic (exact) mass is 376 g/mol. The molecule has 1 unspecified atom stereocenters. The molecule has 4 rings (SSSR count). The highest BCUT2D eigenvalue weighted by Crippen LogP contribution is 2.25. The van der Waals surface area contributed by atoms with Crippen molar-refractivity contribution < 1.29 is 4.79 Å². The standard InChI is InChI=1S/C21H24N6O/c1-14-15(2)26-20-19(25-14)10-18(12-23-20)27-9-5-6-16(13-27)21(28)24-11-17-7-3-4-8-22-17/h3-4,7-8,10,12,16H,5-6,9,11,13H2,1-2H3,(H,24,28). The number of piperidine rings is 1. The van der Waals surface area contributed by atoms with E-state index in [0.29, 0.717) is 18.7 Å². The number of rotatable bonds is 4. The molecular formula is C21H24N6O. The van der Waals surface area contributed by atoms with Crippen molar-refractivity contribution in [2.45, 2.75) is 33.2 Å². The lowest BCUT2D eigenvalue weighted by atomic mass is 9.96. The fraction of sp³-hybridized carbons (Fsp3) is 0.381. The fourth-order valence-electron chi connectivity index (χ4n) is 3.53. The van der Waals surface area contributed by atoms with Gasteiger partial charge in [0.25, 0.3) is 0 Å². The first-order valence-electron chi connectivity index (χ1n) is 9.64. The molecule has 3 aromatic rings. The second-order valence-electron chi connectivity index (χ2n) is 7.25. The number of nitrogens with zero attached hydrogens (tertiary/aromatic N) is 5. The summed E-state index contributed by atoms with van der Waals surface area (Å²) >= 11 is 0. The van der Waals surface area contributed by atoms with Crippen LogP contribution in [0.5, 0.6) is 0 Å². The van der Waals surface area contributed by atoms with Crippen LogP contribution in [-0.2, 0) is 11.3 Å². The normalized spacial score (nSPS) is 16.9. The van der Waals surface area contributed by atoms with Gasteiger partial charge in [0.15, 0.2) is 5.65 Å². The van der Waals surface area contributed by atoms with Gasteiger partial charge >= 0.3 is 0 Å². The second-order valence-corrected chi connectivity index (χ2v) is 7.25. The Kier molecular flexibility index (Phi) is 5.14. The molecule has 0 bridgehead atoms. The topological polar surface area (TPSA) is 83.9 Å². The SMILES string of the molecule is Cc1nc2cc(N3CCCC(C(=O)NCc4ccccn4)C3)cnc2nc1C. The number of hydrogen-bond acceptors (Lipinski definition) is 6. The minimum Gasteiger partial charge on any atom is -0.369 e. The third-order valence-electron chi connectivity index (χ3n) is 5.25. The van der Waals surface area contributed by atoms with Gasteiger partial charge in [-0.2, -0.15) is 0 Å².